The van der Waals surface area contributed by atoms with Crippen LogP contribution < -0.4 is 5.32 Å². The normalized spacial score (nSPS) is 12.0. The number of hydrogen-bond donors (Lipinski definition) is 1. The molecule has 1 N–H and O–H groups in total. The van der Waals surface area contributed by atoms with Crippen molar-refractivity contribution in [3.8, 4) is 0 Å². The molecule has 1 amide bonds. The molecule has 3 rings (SSSR count). The Labute approximate surface area is 120 Å². The fourth-order valence-electron chi connectivity index (χ4n) is 1.98. The molecule has 2 heterocycles. The van der Waals surface area contributed by atoms with Gasteiger partial charge in [0.15, 0.2) is 0 Å². The van der Waals surface area contributed by atoms with Crippen LogP contribution >= 0.6 is 0 Å². The minimum atomic E-state index is -0.325. The van der Waals surface area contributed by atoms with Crippen molar-refractivity contribution in [2.45, 2.75) is 12.6 Å². The Morgan fingerprint density at radius 2 is 1.90 bits per heavy atom. The van der Waals surface area contributed by atoms with Crippen LogP contribution in [0.2, 0.25) is 0 Å². The number of nitrogens with one attached hydrogen (secondary N) is 1. The minimum absolute atomic E-state index is 0.171. The van der Waals surface area contributed by atoms with E-state index in [0.717, 1.165) is 5.56 Å². The zero-order chi connectivity index (χ0) is 14.5. The van der Waals surface area contributed by atoms with Gasteiger partial charge in [0.2, 0.25) is 5.76 Å². The van der Waals surface area contributed by atoms with E-state index in [1.54, 1.807) is 12.4 Å². The molecule has 0 spiro atoms. The largest absolute Gasteiger partial charge is 0.351 e. The molecular weight excluding hydrogens is 270 g/mol. The standard InChI is InChI=1S/C14H13N5O2/c20-14(13-6-7-17-21-13)18-12(10-19-15-8-9-16-19)11-4-2-1-3-5-11/h1-9,12H,10H2,(H,18,20)/t12-/m0/s1. The van der Waals surface area contributed by atoms with Gasteiger partial charge in [-0.1, -0.05) is 35.5 Å². The maximum absolute atomic E-state index is 12.1. The van der Waals surface area contributed by atoms with Gasteiger partial charge in [-0.3, -0.25) is 4.79 Å². The molecule has 3 aromatic rings. The number of hydrogen-bond acceptors (Lipinski definition) is 5. The Kier molecular flexibility index (Phi) is 3.72. The summed E-state index contributed by atoms with van der Waals surface area (Å²) < 4.78 is 4.87. The Hall–Kier alpha value is -2.96. The highest BCUT2D eigenvalue weighted by Crippen LogP contribution is 2.15. The molecule has 1 aromatic carbocycles. The average Bonchev–Trinajstić information content (AvgIpc) is 3.21. The maximum atomic E-state index is 12.1. The second kappa shape index (κ2) is 6.00. The quantitative estimate of drug-likeness (QED) is 0.765. The van der Waals surface area contributed by atoms with E-state index in [1.807, 2.05) is 30.3 Å². The second-order valence-corrected chi connectivity index (χ2v) is 4.40. The first-order valence-corrected chi connectivity index (χ1v) is 6.43. The van der Waals surface area contributed by atoms with Crippen molar-refractivity contribution in [1.82, 2.24) is 25.5 Å². The predicted octanol–water partition coefficient (Wildman–Crippen LogP) is 1.44. The van der Waals surface area contributed by atoms with E-state index in [4.69, 9.17) is 4.52 Å². The Morgan fingerprint density at radius 3 is 2.57 bits per heavy atom. The van der Waals surface area contributed by atoms with Crippen LogP contribution in [-0.4, -0.2) is 26.1 Å². The van der Waals surface area contributed by atoms with Gasteiger partial charge in [0.1, 0.15) is 0 Å². The van der Waals surface area contributed by atoms with Gasteiger partial charge in [-0.05, 0) is 5.56 Å². The van der Waals surface area contributed by atoms with Crippen molar-refractivity contribution in [3.63, 3.8) is 0 Å². The van der Waals surface area contributed by atoms with Crippen molar-refractivity contribution >= 4 is 5.91 Å². The van der Waals surface area contributed by atoms with Crippen LogP contribution in [0.25, 0.3) is 0 Å². The SMILES string of the molecule is O=C(N[C@@H](Cn1nccn1)c1ccccc1)c1ccno1. The van der Waals surface area contributed by atoms with Crippen LogP contribution in [0.3, 0.4) is 0 Å². The van der Waals surface area contributed by atoms with Gasteiger partial charge < -0.3 is 9.84 Å². The molecule has 7 heteroatoms. The minimum Gasteiger partial charge on any atom is -0.351 e. The summed E-state index contributed by atoms with van der Waals surface area (Å²) in [6.07, 6.45) is 4.63. The molecule has 7 nitrogen and oxygen atoms in total. The molecule has 0 fully saturated rings. The fourth-order valence-corrected chi connectivity index (χ4v) is 1.98. The van der Waals surface area contributed by atoms with E-state index < -0.39 is 0 Å². The van der Waals surface area contributed by atoms with Crippen molar-refractivity contribution in [2.75, 3.05) is 0 Å². The number of carbonyl (C=O) groups is 1. The van der Waals surface area contributed by atoms with Gasteiger partial charge in [0.05, 0.1) is 31.2 Å². The molecule has 1 atom stereocenters. The van der Waals surface area contributed by atoms with E-state index in [1.165, 1.54) is 17.1 Å². The van der Waals surface area contributed by atoms with Crippen LogP contribution in [0.4, 0.5) is 0 Å². The van der Waals surface area contributed by atoms with E-state index in [2.05, 4.69) is 20.7 Å². The number of benzene rings is 1. The van der Waals surface area contributed by atoms with Crippen LogP contribution in [-0.2, 0) is 6.54 Å². The summed E-state index contributed by atoms with van der Waals surface area (Å²) in [5.74, 6) is -0.155. The van der Waals surface area contributed by atoms with Crippen LogP contribution in [0.5, 0.6) is 0 Å². The molecule has 0 saturated heterocycles. The predicted molar refractivity (Wildman–Crippen MR) is 73.2 cm³/mol. The van der Waals surface area contributed by atoms with Crippen LogP contribution in [0.1, 0.15) is 22.2 Å². The molecular formula is C14H13N5O2. The molecule has 0 aliphatic carbocycles. The Balaban J connectivity index is 1.80. The van der Waals surface area contributed by atoms with E-state index >= 15 is 0 Å². The van der Waals surface area contributed by atoms with Gasteiger partial charge >= 0.3 is 0 Å². The first-order chi connectivity index (χ1) is 10.3. The first-order valence-electron chi connectivity index (χ1n) is 6.43. The summed E-state index contributed by atoms with van der Waals surface area (Å²) in [6, 6.07) is 10.9. The molecule has 0 bridgehead atoms. The summed E-state index contributed by atoms with van der Waals surface area (Å²) in [5.41, 5.74) is 0.961. The van der Waals surface area contributed by atoms with Gasteiger partial charge in [-0.15, -0.1) is 0 Å². The fraction of sp³-hybridized carbons (Fsp3) is 0.143. The third-order valence-electron chi connectivity index (χ3n) is 2.98. The number of aromatic nitrogens is 4. The lowest BCUT2D eigenvalue weighted by molar-refractivity contribution is 0.0893. The molecule has 0 aliphatic rings. The lowest BCUT2D eigenvalue weighted by Crippen LogP contribution is -2.31. The average molecular weight is 283 g/mol. The summed E-state index contributed by atoms with van der Waals surface area (Å²) in [6.45, 7) is 0.427. The third kappa shape index (κ3) is 3.14. The van der Waals surface area contributed by atoms with Crippen molar-refractivity contribution in [2.24, 2.45) is 0 Å². The lowest BCUT2D eigenvalue weighted by atomic mass is 10.1. The van der Waals surface area contributed by atoms with E-state index in [9.17, 15) is 4.79 Å². The number of carbonyl (C=O) groups excluding carboxylic acids is 1. The maximum Gasteiger partial charge on any atom is 0.290 e. The highest BCUT2D eigenvalue weighted by atomic mass is 16.5. The second-order valence-electron chi connectivity index (χ2n) is 4.40. The summed E-state index contributed by atoms with van der Waals surface area (Å²) in [5, 5.41) is 14.6. The molecule has 21 heavy (non-hydrogen) atoms. The highest BCUT2D eigenvalue weighted by Gasteiger charge is 2.18. The van der Waals surface area contributed by atoms with Crippen LogP contribution in [0.15, 0.2) is 59.5 Å². The van der Waals surface area contributed by atoms with Gasteiger partial charge in [-0.25, -0.2) is 0 Å². The molecule has 106 valence electrons. The number of nitrogens with zero attached hydrogens (tertiary/aromatic N) is 4. The van der Waals surface area contributed by atoms with Gasteiger partial charge in [0, 0.05) is 6.07 Å². The van der Waals surface area contributed by atoms with E-state index in [-0.39, 0.29) is 17.7 Å². The highest BCUT2D eigenvalue weighted by molar-refractivity contribution is 5.91. The molecule has 0 saturated carbocycles. The first kappa shape index (κ1) is 13.0. The smallest absolute Gasteiger partial charge is 0.290 e. The van der Waals surface area contributed by atoms with Crippen molar-refractivity contribution in [1.29, 1.82) is 0 Å². The van der Waals surface area contributed by atoms with Gasteiger partial charge in [-0.2, -0.15) is 15.0 Å². The molecule has 2 aromatic heterocycles. The zero-order valence-electron chi connectivity index (χ0n) is 11.1. The zero-order valence-corrected chi connectivity index (χ0v) is 11.1. The Morgan fingerprint density at radius 1 is 1.14 bits per heavy atom. The number of amides is 1. The molecule has 0 unspecified atom stereocenters. The summed E-state index contributed by atoms with van der Waals surface area (Å²) >= 11 is 0. The van der Waals surface area contributed by atoms with Gasteiger partial charge in [0.25, 0.3) is 5.91 Å². The summed E-state index contributed by atoms with van der Waals surface area (Å²) in [4.78, 5) is 13.6. The van der Waals surface area contributed by atoms with Crippen molar-refractivity contribution in [3.05, 3.63) is 66.3 Å². The lowest BCUT2D eigenvalue weighted by Gasteiger charge is -2.17. The Bertz CT molecular complexity index is 680. The number of rotatable bonds is 5. The van der Waals surface area contributed by atoms with E-state index in [0.29, 0.717) is 6.54 Å². The van der Waals surface area contributed by atoms with Crippen LogP contribution in [0, 0.1) is 0 Å². The topological polar surface area (TPSA) is 85.8 Å². The summed E-state index contributed by atoms with van der Waals surface area (Å²) in [7, 11) is 0. The van der Waals surface area contributed by atoms with Crippen molar-refractivity contribution < 1.29 is 9.32 Å². The third-order valence-corrected chi connectivity index (χ3v) is 2.98. The monoisotopic (exact) mass is 283 g/mol. The molecule has 0 aliphatic heterocycles. The molecule has 0 radical (unpaired) electrons.